The summed E-state index contributed by atoms with van der Waals surface area (Å²) in [5.41, 5.74) is 3.47. The van der Waals surface area contributed by atoms with Gasteiger partial charge in [-0.15, -0.1) is 0 Å². The fraction of sp³-hybridized carbons (Fsp3) is 0.533. The van der Waals surface area contributed by atoms with Gasteiger partial charge in [0.05, 0.1) is 18.8 Å². The Hall–Kier alpha value is -2.30. The highest BCUT2D eigenvalue weighted by Gasteiger charge is 2.46. The molecular weight excluding hydrogens is 422 g/mol. The Morgan fingerprint density at radius 3 is 2.38 bits per heavy atom. The van der Waals surface area contributed by atoms with Crippen LogP contribution in [0.1, 0.15) is 57.6 Å². The third kappa shape index (κ3) is 5.67. The molecule has 2 bridgehead atoms. The van der Waals surface area contributed by atoms with Crippen LogP contribution in [-0.4, -0.2) is 48.5 Å². The Bertz CT molecular complexity index is 957. The van der Waals surface area contributed by atoms with Gasteiger partial charge in [-0.1, -0.05) is 49.4 Å². The first-order valence-electron chi connectivity index (χ1n) is 13.2. The van der Waals surface area contributed by atoms with Gasteiger partial charge in [0.1, 0.15) is 0 Å². The van der Waals surface area contributed by atoms with E-state index in [0.717, 1.165) is 56.8 Å². The Labute approximate surface area is 205 Å². The predicted octanol–water partition coefficient (Wildman–Crippen LogP) is 5.98. The van der Waals surface area contributed by atoms with E-state index >= 15 is 0 Å². The molecule has 3 aliphatic carbocycles. The molecule has 2 aromatic carbocycles. The van der Waals surface area contributed by atoms with Gasteiger partial charge in [0.25, 0.3) is 0 Å². The molecule has 0 saturated heterocycles. The highest BCUT2D eigenvalue weighted by Crippen LogP contribution is 2.51. The van der Waals surface area contributed by atoms with Gasteiger partial charge in [-0.2, -0.15) is 0 Å². The van der Waals surface area contributed by atoms with E-state index in [2.05, 4.69) is 60.4 Å². The lowest BCUT2D eigenvalue weighted by molar-refractivity contribution is -0.0582. The molecular formula is C30H41NO3. The lowest BCUT2D eigenvalue weighted by Gasteiger charge is -2.48. The molecule has 1 N–H and O–H groups in total. The van der Waals surface area contributed by atoms with Crippen molar-refractivity contribution in [2.45, 2.75) is 58.5 Å². The van der Waals surface area contributed by atoms with E-state index in [-0.39, 0.29) is 5.92 Å². The van der Waals surface area contributed by atoms with Crippen LogP contribution in [0.3, 0.4) is 0 Å². The summed E-state index contributed by atoms with van der Waals surface area (Å²) >= 11 is 0. The minimum absolute atomic E-state index is 0.270. The van der Waals surface area contributed by atoms with Crippen molar-refractivity contribution in [2.24, 2.45) is 11.8 Å². The Morgan fingerprint density at radius 2 is 1.71 bits per heavy atom. The molecule has 0 unspecified atom stereocenters. The van der Waals surface area contributed by atoms with Gasteiger partial charge in [-0.25, -0.2) is 0 Å². The number of allylic oxidation sites excluding steroid dienone is 1. The van der Waals surface area contributed by atoms with Gasteiger partial charge in [-0.3, -0.25) is 0 Å². The average Bonchev–Trinajstić information content (AvgIpc) is 2.86. The van der Waals surface area contributed by atoms with E-state index in [1.165, 1.54) is 23.1 Å². The van der Waals surface area contributed by atoms with E-state index < -0.39 is 5.60 Å². The van der Waals surface area contributed by atoms with Crippen LogP contribution in [0.15, 0.2) is 54.6 Å². The number of hydrogen-bond acceptors (Lipinski definition) is 4. The van der Waals surface area contributed by atoms with Crippen LogP contribution in [0, 0.1) is 11.8 Å². The summed E-state index contributed by atoms with van der Waals surface area (Å²) in [7, 11) is 0. The monoisotopic (exact) mass is 463 g/mol. The molecule has 1 saturated carbocycles. The molecule has 4 nitrogen and oxygen atoms in total. The van der Waals surface area contributed by atoms with Crippen molar-refractivity contribution in [2.75, 3.05) is 32.8 Å². The molecule has 0 radical (unpaired) electrons. The second kappa shape index (κ2) is 11.4. The van der Waals surface area contributed by atoms with Crippen LogP contribution >= 0.6 is 0 Å². The molecule has 0 aliphatic heterocycles. The molecule has 0 heterocycles. The summed E-state index contributed by atoms with van der Waals surface area (Å²) in [4.78, 5) is 2.47. The number of ether oxygens (including phenoxy) is 2. The summed E-state index contributed by atoms with van der Waals surface area (Å²) in [6, 6.07) is 17.0. The van der Waals surface area contributed by atoms with Crippen molar-refractivity contribution in [3.63, 3.8) is 0 Å². The highest BCUT2D eigenvalue weighted by molar-refractivity contribution is 5.69. The number of fused-ring (bicyclic) bond motifs is 2. The van der Waals surface area contributed by atoms with Gasteiger partial charge in [0.15, 0.2) is 11.5 Å². The summed E-state index contributed by atoms with van der Waals surface area (Å²) in [5, 5.41) is 11.6. The number of aliphatic hydroxyl groups is 1. The maximum atomic E-state index is 11.6. The molecule has 0 spiro atoms. The number of nitrogens with zero attached hydrogens (tertiary/aromatic N) is 1. The molecule has 2 aromatic rings. The largest absolute Gasteiger partial charge is 0.490 e. The van der Waals surface area contributed by atoms with Crippen LogP contribution in [0.25, 0.3) is 5.57 Å². The third-order valence-corrected chi connectivity index (χ3v) is 7.68. The lowest BCUT2D eigenvalue weighted by Crippen LogP contribution is -2.48. The smallest absolute Gasteiger partial charge is 0.161 e. The van der Waals surface area contributed by atoms with Crippen molar-refractivity contribution in [3.8, 4) is 11.5 Å². The molecule has 4 heteroatoms. The molecule has 3 atom stereocenters. The highest BCUT2D eigenvalue weighted by atomic mass is 16.5. The van der Waals surface area contributed by atoms with Gasteiger partial charge >= 0.3 is 0 Å². The van der Waals surface area contributed by atoms with Crippen molar-refractivity contribution in [1.82, 2.24) is 4.90 Å². The standard InChI is InChI=1S/C30H41NO3/c1-4-31(18-16-23-12-15-28(33-5-2)29(20-23)34-6-3)19-17-30(32)22-25-13-14-26(30)21-27(25)24-10-8-7-9-11-24/h7-12,15,20-21,25-26,32H,4-6,13-14,16-19,22H2,1-3H3/t25-,26+,30+/m1/s1. The second-order valence-electron chi connectivity index (χ2n) is 9.76. The maximum Gasteiger partial charge on any atom is 0.161 e. The van der Waals surface area contributed by atoms with E-state index in [0.29, 0.717) is 19.1 Å². The Balaban J connectivity index is 1.35. The number of likely N-dealkylation sites (N-methyl/N-ethyl adjacent to an activating group) is 1. The van der Waals surface area contributed by atoms with Crippen molar-refractivity contribution < 1.29 is 14.6 Å². The van der Waals surface area contributed by atoms with Crippen LogP contribution < -0.4 is 9.47 Å². The zero-order valence-electron chi connectivity index (χ0n) is 21.1. The van der Waals surface area contributed by atoms with Crippen LogP contribution in [0.4, 0.5) is 0 Å². The Kier molecular flexibility index (Phi) is 8.33. The predicted molar refractivity (Wildman–Crippen MR) is 139 cm³/mol. The summed E-state index contributed by atoms with van der Waals surface area (Å²) in [6.45, 7) is 10.4. The lowest BCUT2D eigenvalue weighted by atomic mass is 9.61. The molecule has 0 amide bonds. The molecule has 34 heavy (non-hydrogen) atoms. The minimum atomic E-state index is -0.574. The number of hydrogen-bond donors (Lipinski definition) is 1. The SMILES string of the molecule is CCOc1ccc(CCN(CC)CC[C@]2(O)C[C@H]3CC[C@H]2C=C3c2ccccc2)cc1OCC. The molecule has 3 aliphatic rings. The zero-order chi connectivity index (χ0) is 24.0. The number of rotatable bonds is 12. The van der Waals surface area contributed by atoms with Crippen molar-refractivity contribution in [3.05, 3.63) is 65.7 Å². The van der Waals surface area contributed by atoms with Gasteiger partial charge in [-0.05, 0) is 87.2 Å². The summed E-state index contributed by atoms with van der Waals surface area (Å²) in [6.07, 6.45) is 7.39. The normalized spacial score (nSPS) is 23.7. The molecule has 1 fully saturated rings. The van der Waals surface area contributed by atoms with Gasteiger partial charge in [0.2, 0.25) is 0 Å². The average molecular weight is 464 g/mol. The molecule has 0 aromatic heterocycles. The molecule has 184 valence electrons. The van der Waals surface area contributed by atoms with Gasteiger partial charge in [0, 0.05) is 19.0 Å². The topological polar surface area (TPSA) is 41.9 Å². The quantitative estimate of drug-likeness (QED) is 0.420. The number of benzene rings is 2. The summed E-state index contributed by atoms with van der Waals surface area (Å²) in [5.74, 6) is 2.40. The first-order valence-corrected chi connectivity index (χ1v) is 13.2. The van der Waals surface area contributed by atoms with Crippen LogP contribution in [0.5, 0.6) is 11.5 Å². The third-order valence-electron chi connectivity index (χ3n) is 7.68. The fourth-order valence-electron chi connectivity index (χ4n) is 5.75. The van der Waals surface area contributed by atoms with Crippen molar-refractivity contribution >= 4 is 5.57 Å². The first-order chi connectivity index (χ1) is 16.6. The first kappa shape index (κ1) is 24.8. The summed E-state index contributed by atoms with van der Waals surface area (Å²) < 4.78 is 11.5. The second-order valence-corrected chi connectivity index (χ2v) is 9.76. The van der Waals surface area contributed by atoms with E-state index in [1.54, 1.807) is 0 Å². The van der Waals surface area contributed by atoms with E-state index in [4.69, 9.17) is 9.47 Å². The molecule has 5 rings (SSSR count). The van der Waals surface area contributed by atoms with E-state index in [1.807, 2.05) is 19.9 Å². The van der Waals surface area contributed by atoms with Crippen LogP contribution in [0.2, 0.25) is 0 Å². The fourth-order valence-corrected chi connectivity index (χ4v) is 5.75. The minimum Gasteiger partial charge on any atom is -0.490 e. The van der Waals surface area contributed by atoms with Crippen LogP contribution in [-0.2, 0) is 6.42 Å². The van der Waals surface area contributed by atoms with Crippen molar-refractivity contribution in [1.29, 1.82) is 0 Å². The zero-order valence-corrected chi connectivity index (χ0v) is 21.1. The maximum absolute atomic E-state index is 11.6. The van der Waals surface area contributed by atoms with Gasteiger partial charge < -0.3 is 19.5 Å². The Morgan fingerprint density at radius 1 is 0.941 bits per heavy atom. The van der Waals surface area contributed by atoms with E-state index in [9.17, 15) is 5.11 Å².